The third kappa shape index (κ3) is 1.95. The van der Waals surface area contributed by atoms with Gasteiger partial charge in [0.1, 0.15) is 0 Å². The summed E-state index contributed by atoms with van der Waals surface area (Å²) in [5, 5.41) is 0.669. The quantitative estimate of drug-likeness (QED) is 0.766. The Balaban J connectivity index is 2.14. The molecule has 14 heavy (non-hydrogen) atoms. The van der Waals surface area contributed by atoms with Crippen LogP contribution in [0.4, 0.5) is 0 Å². The van der Waals surface area contributed by atoms with Gasteiger partial charge >= 0.3 is 0 Å². The van der Waals surface area contributed by atoms with Gasteiger partial charge in [0.15, 0.2) is 11.5 Å². The monoisotopic (exact) mass is 212 g/mol. The highest BCUT2D eigenvalue weighted by atomic mass is 35.5. The predicted octanol–water partition coefficient (Wildman–Crippen LogP) is 3.28. The summed E-state index contributed by atoms with van der Waals surface area (Å²) in [6, 6.07) is 5.45. The maximum Gasteiger partial charge on any atom is 0.162 e. The van der Waals surface area contributed by atoms with Crippen molar-refractivity contribution in [2.24, 2.45) is 0 Å². The Hall–Kier alpha value is -0.890. The summed E-state index contributed by atoms with van der Waals surface area (Å²) in [6.07, 6.45) is 3.92. The second-order valence-corrected chi connectivity index (χ2v) is 3.90. The third-order valence-electron chi connectivity index (χ3n) is 2.47. The van der Waals surface area contributed by atoms with Crippen LogP contribution in [0.2, 0.25) is 5.02 Å². The molecule has 0 bridgehead atoms. The molecule has 0 aliphatic heterocycles. The first-order valence-electron chi connectivity index (χ1n) is 4.80. The molecule has 1 aliphatic rings. The van der Waals surface area contributed by atoms with E-state index in [9.17, 15) is 0 Å². The molecule has 2 nitrogen and oxygen atoms in total. The van der Waals surface area contributed by atoms with Crippen molar-refractivity contribution in [2.45, 2.75) is 25.4 Å². The van der Waals surface area contributed by atoms with Crippen molar-refractivity contribution in [3.8, 4) is 11.5 Å². The van der Waals surface area contributed by atoms with Crippen LogP contribution in [0.25, 0.3) is 0 Å². The lowest BCUT2D eigenvalue weighted by Gasteiger charge is -2.27. The number of benzene rings is 1. The summed E-state index contributed by atoms with van der Waals surface area (Å²) in [5.74, 6) is 1.51. The Labute approximate surface area is 88.8 Å². The van der Waals surface area contributed by atoms with Gasteiger partial charge in [0.05, 0.1) is 13.2 Å². The zero-order valence-electron chi connectivity index (χ0n) is 8.13. The van der Waals surface area contributed by atoms with Gasteiger partial charge in [-0.2, -0.15) is 0 Å². The molecular weight excluding hydrogens is 200 g/mol. The lowest BCUT2D eigenvalue weighted by Crippen LogP contribution is -2.24. The van der Waals surface area contributed by atoms with E-state index >= 15 is 0 Å². The van der Waals surface area contributed by atoms with E-state index in [1.54, 1.807) is 13.2 Å². The zero-order valence-corrected chi connectivity index (χ0v) is 8.88. The van der Waals surface area contributed by atoms with Crippen LogP contribution in [0.5, 0.6) is 11.5 Å². The first-order valence-corrected chi connectivity index (χ1v) is 5.17. The molecule has 1 aromatic carbocycles. The van der Waals surface area contributed by atoms with Crippen LogP contribution in [0, 0.1) is 0 Å². The molecular formula is C11H13ClO2. The van der Waals surface area contributed by atoms with Crippen molar-refractivity contribution in [1.82, 2.24) is 0 Å². The molecule has 1 aliphatic carbocycles. The molecule has 0 amide bonds. The fourth-order valence-electron chi connectivity index (χ4n) is 1.41. The predicted molar refractivity (Wildman–Crippen MR) is 56.3 cm³/mol. The first kappa shape index (κ1) is 9.66. The van der Waals surface area contributed by atoms with Gasteiger partial charge in [0.2, 0.25) is 0 Å². The maximum atomic E-state index is 5.84. The molecule has 1 fully saturated rings. The first-order chi connectivity index (χ1) is 6.79. The van der Waals surface area contributed by atoms with E-state index < -0.39 is 0 Å². The molecule has 0 N–H and O–H groups in total. The van der Waals surface area contributed by atoms with Gasteiger partial charge in [-0.05, 0) is 31.4 Å². The molecule has 0 radical (unpaired) electrons. The van der Waals surface area contributed by atoms with E-state index in [1.165, 1.54) is 6.42 Å². The molecule has 0 atom stereocenters. The van der Waals surface area contributed by atoms with E-state index in [0.717, 1.165) is 18.6 Å². The van der Waals surface area contributed by atoms with Crippen molar-refractivity contribution in [3.05, 3.63) is 23.2 Å². The molecule has 0 aromatic heterocycles. The van der Waals surface area contributed by atoms with Crippen LogP contribution in [0.3, 0.4) is 0 Å². The lowest BCUT2D eigenvalue weighted by atomic mass is 9.96. The molecule has 0 saturated heterocycles. The van der Waals surface area contributed by atoms with Crippen LogP contribution in [-0.4, -0.2) is 13.2 Å². The van der Waals surface area contributed by atoms with E-state index in [-0.39, 0.29) is 0 Å². The highest BCUT2D eigenvalue weighted by molar-refractivity contribution is 6.30. The normalized spacial score (nSPS) is 16.1. The van der Waals surface area contributed by atoms with Crippen molar-refractivity contribution >= 4 is 11.6 Å². The van der Waals surface area contributed by atoms with Crippen LogP contribution in [0.1, 0.15) is 19.3 Å². The van der Waals surface area contributed by atoms with Crippen molar-refractivity contribution in [2.75, 3.05) is 7.11 Å². The Morgan fingerprint density at radius 2 is 2.07 bits per heavy atom. The molecule has 0 heterocycles. The van der Waals surface area contributed by atoms with Gasteiger partial charge in [0.25, 0.3) is 0 Å². The SMILES string of the molecule is COc1cc(Cl)ccc1OC1CCC1. The average molecular weight is 213 g/mol. The maximum absolute atomic E-state index is 5.84. The second-order valence-electron chi connectivity index (χ2n) is 3.47. The van der Waals surface area contributed by atoms with E-state index in [0.29, 0.717) is 16.9 Å². The molecule has 1 aromatic rings. The minimum Gasteiger partial charge on any atom is -0.493 e. The number of halogens is 1. The summed E-state index contributed by atoms with van der Waals surface area (Å²) in [7, 11) is 1.62. The number of ether oxygens (including phenoxy) is 2. The van der Waals surface area contributed by atoms with Crippen molar-refractivity contribution in [1.29, 1.82) is 0 Å². The Bertz CT molecular complexity index is 321. The smallest absolute Gasteiger partial charge is 0.162 e. The van der Waals surface area contributed by atoms with Crippen LogP contribution in [-0.2, 0) is 0 Å². The Kier molecular flexibility index (Phi) is 2.82. The summed E-state index contributed by atoms with van der Waals surface area (Å²) < 4.78 is 10.9. The van der Waals surface area contributed by atoms with E-state index in [1.807, 2.05) is 12.1 Å². The van der Waals surface area contributed by atoms with Crippen LogP contribution < -0.4 is 9.47 Å². The summed E-state index contributed by atoms with van der Waals surface area (Å²) in [4.78, 5) is 0. The van der Waals surface area contributed by atoms with Gasteiger partial charge in [0, 0.05) is 11.1 Å². The summed E-state index contributed by atoms with van der Waals surface area (Å²) in [5.41, 5.74) is 0. The van der Waals surface area contributed by atoms with Crippen molar-refractivity contribution in [3.63, 3.8) is 0 Å². The average Bonchev–Trinajstić information content (AvgIpc) is 2.13. The topological polar surface area (TPSA) is 18.5 Å². The highest BCUT2D eigenvalue weighted by Crippen LogP contribution is 2.33. The van der Waals surface area contributed by atoms with Gasteiger partial charge in [-0.15, -0.1) is 0 Å². The summed E-state index contributed by atoms with van der Waals surface area (Å²) in [6.45, 7) is 0. The van der Waals surface area contributed by atoms with Gasteiger partial charge in [-0.3, -0.25) is 0 Å². The van der Waals surface area contributed by atoms with Crippen LogP contribution >= 0.6 is 11.6 Å². The van der Waals surface area contributed by atoms with Gasteiger partial charge in [-0.25, -0.2) is 0 Å². The number of rotatable bonds is 3. The number of hydrogen-bond acceptors (Lipinski definition) is 2. The Morgan fingerprint density at radius 3 is 2.64 bits per heavy atom. The van der Waals surface area contributed by atoms with Gasteiger partial charge < -0.3 is 9.47 Å². The third-order valence-corrected chi connectivity index (χ3v) is 2.71. The second kappa shape index (κ2) is 4.09. The molecule has 76 valence electrons. The van der Waals surface area contributed by atoms with E-state index in [2.05, 4.69) is 0 Å². The molecule has 0 unspecified atom stereocenters. The van der Waals surface area contributed by atoms with E-state index in [4.69, 9.17) is 21.1 Å². The fraction of sp³-hybridized carbons (Fsp3) is 0.455. The minimum absolute atomic E-state index is 0.366. The fourth-order valence-corrected chi connectivity index (χ4v) is 1.57. The molecule has 1 saturated carbocycles. The highest BCUT2D eigenvalue weighted by Gasteiger charge is 2.20. The molecule has 0 spiro atoms. The Morgan fingerprint density at radius 1 is 1.29 bits per heavy atom. The zero-order chi connectivity index (χ0) is 9.97. The lowest BCUT2D eigenvalue weighted by molar-refractivity contribution is 0.116. The number of hydrogen-bond donors (Lipinski definition) is 0. The molecule has 3 heteroatoms. The van der Waals surface area contributed by atoms with Crippen LogP contribution in [0.15, 0.2) is 18.2 Å². The largest absolute Gasteiger partial charge is 0.493 e. The van der Waals surface area contributed by atoms with Gasteiger partial charge in [-0.1, -0.05) is 11.6 Å². The standard InChI is InChI=1S/C11H13ClO2/c1-13-11-7-8(12)5-6-10(11)14-9-3-2-4-9/h5-7,9H,2-4H2,1H3. The van der Waals surface area contributed by atoms with Crippen molar-refractivity contribution < 1.29 is 9.47 Å². The number of methoxy groups -OCH3 is 1. The molecule has 2 rings (SSSR count). The minimum atomic E-state index is 0.366. The summed E-state index contributed by atoms with van der Waals surface area (Å²) >= 11 is 5.84.